The molecule has 5 aromatic rings. The minimum atomic E-state index is -0.479. The van der Waals surface area contributed by atoms with Gasteiger partial charge in [0, 0.05) is 38.3 Å². The van der Waals surface area contributed by atoms with Crippen LogP contribution >= 0.6 is 0 Å². The number of nitrogens with one attached hydrogen (secondary N) is 1. The number of piperazine rings is 1. The van der Waals surface area contributed by atoms with Crippen molar-refractivity contribution in [3.8, 4) is 11.5 Å². The third-order valence-electron chi connectivity index (χ3n) is 7.97. The van der Waals surface area contributed by atoms with E-state index >= 15 is 4.39 Å². The van der Waals surface area contributed by atoms with Gasteiger partial charge >= 0.3 is 0 Å². The Morgan fingerprint density at radius 1 is 1.14 bits per heavy atom. The van der Waals surface area contributed by atoms with Crippen molar-refractivity contribution in [2.45, 2.75) is 25.3 Å². The van der Waals surface area contributed by atoms with Gasteiger partial charge in [0.2, 0.25) is 11.9 Å². The molecule has 4 heterocycles. The molecule has 0 bridgehead atoms. The highest BCUT2D eigenvalue weighted by molar-refractivity contribution is 5.89. The zero-order valence-corrected chi connectivity index (χ0v) is 23.1. The van der Waals surface area contributed by atoms with E-state index in [-0.39, 0.29) is 17.1 Å². The number of carbonyl (C=O) groups is 1. The summed E-state index contributed by atoms with van der Waals surface area (Å²) in [6.07, 6.45) is 6.25. The number of nitrogens with zero attached hydrogens (tertiary/aromatic N) is 9. The number of aromatic nitrogens is 7. The molecule has 1 aliphatic carbocycles. The second-order valence-electron chi connectivity index (χ2n) is 10.6. The van der Waals surface area contributed by atoms with E-state index < -0.39 is 5.82 Å². The molecule has 1 saturated carbocycles. The topological polar surface area (TPSA) is 127 Å². The van der Waals surface area contributed by atoms with E-state index in [1.54, 1.807) is 42.1 Å². The van der Waals surface area contributed by atoms with Crippen LogP contribution in [0.5, 0.6) is 11.5 Å². The molecule has 1 saturated heterocycles. The van der Waals surface area contributed by atoms with Gasteiger partial charge in [-0.2, -0.15) is 0 Å². The van der Waals surface area contributed by atoms with E-state index in [0.29, 0.717) is 65.0 Å². The Bertz CT molecular complexity index is 1890. The van der Waals surface area contributed by atoms with Crippen molar-refractivity contribution >= 4 is 45.4 Å². The first-order chi connectivity index (χ1) is 20.3. The Kier molecular flexibility index (Phi) is 5.96. The molecule has 2 fully saturated rings. The van der Waals surface area contributed by atoms with Crippen molar-refractivity contribution in [2.75, 3.05) is 29.9 Å². The van der Waals surface area contributed by atoms with Crippen LogP contribution in [-0.4, -0.2) is 70.9 Å². The lowest BCUT2D eigenvalue weighted by atomic mass is 10.1. The molecular weight excluding hydrogens is 539 g/mol. The Morgan fingerprint density at radius 2 is 2.00 bits per heavy atom. The molecule has 1 aliphatic heterocycles. The zero-order chi connectivity index (χ0) is 29.0. The largest absolute Gasteiger partial charge is 0.457 e. The highest BCUT2D eigenvalue weighted by atomic mass is 19.1. The number of halogens is 1. The fourth-order valence-corrected chi connectivity index (χ4v) is 5.48. The van der Waals surface area contributed by atoms with Gasteiger partial charge < -0.3 is 19.9 Å². The van der Waals surface area contributed by atoms with Gasteiger partial charge in [0.1, 0.15) is 34.4 Å². The summed E-state index contributed by atoms with van der Waals surface area (Å²) in [7, 11) is 1.81. The van der Waals surface area contributed by atoms with Gasteiger partial charge in [0.25, 0.3) is 0 Å². The average molecular weight is 567 g/mol. The normalized spacial score (nSPS) is 15.8. The Morgan fingerprint density at radius 3 is 2.81 bits per heavy atom. The molecular formula is C29H27FN10O2. The minimum absolute atomic E-state index is 0.0493. The quantitative estimate of drug-likeness (QED) is 0.301. The molecule has 3 aromatic heterocycles. The lowest BCUT2D eigenvalue weighted by molar-refractivity contribution is -0.129. The van der Waals surface area contributed by atoms with Crippen LogP contribution in [0.2, 0.25) is 0 Å². The number of hydrogen-bond donors (Lipinski definition) is 1. The molecule has 2 aromatic carbocycles. The van der Waals surface area contributed by atoms with Crippen molar-refractivity contribution < 1.29 is 13.9 Å². The van der Waals surface area contributed by atoms with E-state index in [0.717, 1.165) is 18.4 Å². The van der Waals surface area contributed by atoms with Crippen molar-refractivity contribution in [1.29, 1.82) is 0 Å². The number of anilines is 3. The summed E-state index contributed by atoms with van der Waals surface area (Å²) in [5, 5.41) is 11.2. The molecule has 13 heteroatoms. The summed E-state index contributed by atoms with van der Waals surface area (Å²) in [6.45, 7) is 7.08. The van der Waals surface area contributed by atoms with Crippen LogP contribution in [0, 0.1) is 12.7 Å². The van der Waals surface area contributed by atoms with Gasteiger partial charge in [-0.05, 0) is 50.1 Å². The standard InChI is InChI=1S/C29H27FN10O2/c1-4-24(41)40-12-11-39(15-29(40)9-10-29)28-31-14-21-26(35-28)27(33-16-32-21)34-19-6-8-23(17(2)25(19)30)42-18-5-7-22-20(13-18)36-37-38(22)3/h4-8,13-14,16H,1,9-12,15H2,2-3H3,(H,32,33,34). The maximum absolute atomic E-state index is 15.6. The third kappa shape index (κ3) is 4.33. The fraction of sp³-hybridized carbons (Fsp3) is 0.276. The molecule has 7 rings (SSSR count). The highest BCUT2D eigenvalue weighted by Gasteiger charge is 2.53. The number of rotatable bonds is 6. The molecule has 0 atom stereocenters. The third-order valence-corrected chi connectivity index (χ3v) is 7.97. The number of carbonyl (C=O) groups excluding carboxylic acids is 1. The van der Waals surface area contributed by atoms with Crippen LogP contribution in [0.4, 0.5) is 21.8 Å². The predicted octanol–water partition coefficient (Wildman–Crippen LogP) is 4.05. The van der Waals surface area contributed by atoms with Crippen LogP contribution < -0.4 is 15.0 Å². The minimum Gasteiger partial charge on any atom is -0.457 e. The van der Waals surface area contributed by atoms with Crippen molar-refractivity contribution in [1.82, 2.24) is 39.8 Å². The molecule has 1 spiro atoms. The Balaban J connectivity index is 1.14. The maximum Gasteiger partial charge on any atom is 0.246 e. The molecule has 0 unspecified atom stereocenters. The van der Waals surface area contributed by atoms with Gasteiger partial charge in [-0.1, -0.05) is 11.8 Å². The second kappa shape index (κ2) is 9.72. The zero-order valence-electron chi connectivity index (χ0n) is 23.1. The van der Waals surface area contributed by atoms with Crippen molar-refractivity contribution in [2.24, 2.45) is 7.05 Å². The first-order valence-electron chi connectivity index (χ1n) is 13.6. The molecule has 1 amide bonds. The number of hydrogen-bond acceptors (Lipinski definition) is 10. The molecule has 0 radical (unpaired) electrons. The fourth-order valence-electron chi connectivity index (χ4n) is 5.48. The predicted molar refractivity (Wildman–Crippen MR) is 154 cm³/mol. The number of amides is 1. The molecule has 1 N–H and O–H groups in total. The Hall–Kier alpha value is -5.20. The van der Waals surface area contributed by atoms with E-state index in [4.69, 9.17) is 9.72 Å². The first-order valence-corrected chi connectivity index (χ1v) is 13.6. The number of fused-ring (bicyclic) bond motifs is 2. The van der Waals surface area contributed by atoms with E-state index in [1.807, 2.05) is 18.0 Å². The van der Waals surface area contributed by atoms with Crippen LogP contribution in [0.3, 0.4) is 0 Å². The van der Waals surface area contributed by atoms with Gasteiger partial charge in [-0.3, -0.25) is 4.79 Å². The van der Waals surface area contributed by atoms with Crippen molar-refractivity contribution in [3.05, 3.63) is 66.9 Å². The Labute approximate surface area is 239 Å². The monoisotopic (exact) mass is 566 g/mol. The second-order valence-corrected chi connectivity index (χ2v) is 10.6. The number of benzene rings is 2. The van der Waals surface area contributed by atoms with Crippen molar-refractivity contribution in [3.63, 3.8) is 0 Å². The van der Waals surface area contributed by atoms with Crippen LogP contribution in [-0.2, 0) is 11.8 Å². The summed E-state index contributed by atoms with van der Waals surface area (Å²) in [5.74, 6) is 1.24. The molecule has 12 nitrogen and oxygen atoms in total. The molecule has 42 heavy (non-hydrogen) atoms. The van der Waals surface area contributed by atoms with E-state index in [9.17, 15) is 4.79 Å². The maximum atomic E-state index is 15.6. The average Bonchev–Trinajstić information content (AvgIpc) is 3.67. The summed E-state index contributed by atoms with van der Waals surface area (Å²) in [5.41, 5.74) is 2.88. The van der Waals surface area contributed by atoms with Gasteiger partial charge in [0.15, 0.2) is 11.6 Å². The summed E-state index contributed by atoms with van der Waals surface area (Å²) in [6, 6.07) is 8.71. The molecule has 2 aliphatic rings. The molecule has 212 valence electrons. The lowest BCUT2D eigenvalue weighted by Crippen LogP contribution is -2.57. The SMILES string of the molecule is C=CC(=O)N1CCN(c2ncc3ncnc(Nc4ccc(Oc5ccc6c(c5)nnn6C)c(C)c4F)c3n2)CC12CC2. The number of ether oxygens (including phenoxy) is 1. The highest BCUT2D eigenvalue weighted by Crippen LogP contribution is 2.45. The summed E-state index contributed by atoms with van der Waals surface area (Å²) in [4.78, 5) is 34.3. The van der Waals surface area contributed by atoms with Gasteiger partial charge in [-0.15, -0.1) is 5.10 Å². The lowest BCUT2D eigenvalue weighted by Gasteiger charge is -2.41. The summed E-state index contributed by atoms with van der Waals surface area (Å²) < 4.78 is 23.3. The van der Waals surface area contributed by atoms with Crippen LogP contribution in [0.25, 0.3) is 22.1 Å². The van der Waals surface area contributed by atoms with Gasteiger partial charge in [0.05, 0.1) is 22.9 Å². The van der Waals surface area contributed by atoms with E-state index in [1.165, 1.54) is 12.4 Å². The van der Waals surface area contributed by atoms with Gasteiger partial charge in [-0.25, -0.2) is 29.0 Å². The van der Waals surface area contributed by atoms with Crippen LogP contribution in [0.1, 0.15) is 18.4 Å². The summed E-state index contributed by atoms with van der Waals surface area (Å²) >= 11 is 0. The van der Waals surface area contributed by atoms with E-state index in [2.05, 4.69) is 42.1 Å². The smallest absolute Gasteiger partial charge is 0.246 e. The van der Waals surface area contributed by atoms with Crippen LogP contribution in [0.15, 0.2) is 55.5 Å². The number of aryl methyl sites for hydroxylation is 1. The first kappa shape index (κ1) is 25.7.